The molecule has 0 saturated heterocycles. The van der Waals surface area contributed by atoms with Crippen molar-refractivity contribution in [1.82, 2.24) is 24.5 Å². The van der Waals surface area contributed by atoms with Gasteiger partial charge in [-0.25, -0.2) is 14.1 Å². The smallest absolute Gasteiger partial charge is 0.272 e. The topological polar surface area (TPSA) is 64.2 Å². The maximum atomic E-state index is 13.2. The second-order valence-electron chi connectivity index (χ2n) is 6.90. The normalized spacial score (nSPS) is 13.0. The Morgan fingerprint density at radius 3 is 2.82 bits per heavy atom. The fraction of sp³-hybridized carbons (Fsp3) is 0.190. The molecule has 140 valence electrons. The second kappa shape index (κ2) is 6.60. The summed E-state index contributed by atoms with van der Waals surface area (Å²) in [5, 5.41) is 7.47. The third-order valence-corrected chi connectivity index (χ3v) is 5.06. The Hall–Kier alpha value is -3.48. The fourth-order valence-electron chi connectivity index (χ4n) is 3.74. The number of fused-ring (bicyclic) bond motifs is 2. The minimum absolute atomic E-state index is 0.212. The van der Waals surface area contributed by atoms with Crippen molar-refractivity contribution in [2.45, 2.75) is 25.8 Å². The first-order valence-electron chi connectivity index (χ1n) is 9.26. The number of pyridine rings is 1. The Balaban J connectivity index is 1.40. The molecule has 7 heteroatoms. The molecule has 28 heavy (non-hydrogen) atoms. The van der Waals surface area contributed by atoms with Gasteiger partial charge in [-0.05, 0) is 55.7 Å². The predicted molar refractivity (Wildman–Crippen MR) is 102 cm³/mol. The van der Waals surface area contributed by atoms with Gasteiger partial charge in [0, 0.05) is 23.7 Å². The number of hydrogen-bond donors (Lipinski definition) is 1. The number of carbonyl (C=O) groups excluding carboxylic acids is 1. The molecule has 0 spiro atoms. The molecule has 1 aliphatic rings. The van der Waals surface area contributed by atoms with Gasteiger partial charge in [-0.15, -0.1) is 0 Å². The molecule has 4 aromatic rings. The molecule has 3 aromatic heterocycles. The maximum absolute atomic E-state index is 13.2. The molecule has 3 heterocycles. The molecule has 0 atom stereocenters. The minimum Gasteiger partial charge on any atom is -0.345 e. The Morgan fingerprint density at radius 1 is 1.14 bits per heavy atom. The van der Waals surface area contributed by atoms with E-state index in [-0.39, 0.29) is 11.7 Å². The first kappa shape index (κ1) is 16.7. The van der Waals surface area contributed by atoms with Gasteiger partial charge in [0.1, 0.15) is 11.5 Å². The van der Waals surface area contributed by atoms with Crippen molar-refractivity contribution in [2.24, 2.45) is 0 Å². The fourth-order valence-corrected chi connectivity index (χ4v) is 3.74. The summed E-state index contributed by atoms with van der Waals surface area (Å²) in [5.41, 5.74) is 4.85. The van der Waals surface area contributed by atoms with E-state index in [1.807, 2.05) is 35.0 Å². The molecule has 0 fully saturated rings. The molecule has 0 aliphatic heterocycles. The molecule has 1 aliphatic carbocycles. The Kier molecular flexibility index (Phi) is 3.93. The molecule has 0 bridgehead atoms. The number of rotatable bonds is 4. The number of amides is 1. The van der Waals surface area contributed by atoms with E-state index in [0.717, 1.165) is 47.5 Å². The number of benzene rings is 1. The van der Waals surface area contributed by atoms with Crippen molar-refractivity contribution in [2.75, 3.05) is 0 Å². The summed E-state index contributed by atoms with van der Waals surface area (Å²) < 4.78 is 16.9. The zero-order valence-corrected chi connectivity index (χ0v) is 15.1. The van der Waals surface area contributed by atoms with Gasteiger partial charge in [0.15, 0.2) is 5.69 Å². The van der Waals surface area contributed by atoms with Crippen molar-refractivity contribution in [3.05, 3.63) is 83.3 Å². The summed E-state index contributed by atoms with van der Waals surface area (Å²) in [4.78, 5) is 17.3. The highest BCUT2D eigenvalue weighted by molar-refractivity contribution is 5.94. The van der Waals surface area contributed by atoms with Crippen LogP contribution >= 0.6 is 0 Å². The first-order chi connectivity index (χ1) is 13.7. The quantitative estimate of drug-likeness (QED) is 0.596. The van der Waals surface area contributed by atoms with E-state index in [1.54, 1.807) is 16.8 Å². The van der Waals surface area contributed by atoms with Crippen LogP contribution in [0.3, 0.4) is 0 Å². The maximum Gasteiger partial charge on any atom is 0.272 e. The van der Waals surface area contributed by atoms with Crippen LogP contribution in [-0.2, 0) is 19.4 Å². The van der Waals surface area contributed by atoms with Crippen LogP contribution in [0.4, 0.5) is 4.39 Å². The van der Waals surface area contributed by atoms with Crippen LogP contribution in [-0.4, -0.2) is 25.1 Å². The monoisotopic (exact) mass is 375 g/mol. The van der Waals surface area contributed by atoms with Crippen LogP contribution < -0.4 is 5.32 Å². The van der Waals surface area contributed by atoms with Gasteiger partial charge in [0.25, 0.3) is 5.91 Å². The molecule has 6 nitrogen and oxygen atoms in total. The summed E-state index contributed by atoms with van der Waals surface area (Å²) >= 11 is 0. The van der Waals surface area contributed by atoms with Crippen molar-refractivity contribution < 1.29 is 9.18 Å². The van der Waals surface area contributed by atoms with Crippen LogP contribution in [0.25, 0.3) is 11.3 Å². The lowest BCUT2D eigenvalue weighted by Gasteiger charge is -2.05. The molecular formula is C21H18FN5O. The highest BCUT2D eigenvalue weighted by Crippen LogP contribution is 2.28. The van der Waals surface area contributed by atoms with Gasteiger partial charge in [-0.1, -0.05) is 6.07 Å². The summed E-state index contributed by atoms with van der Waals surface area (Å²) in [6, 6.07) is 11.9. The number of imidazole rings is 1. The Labute approximate surface area is 160 Å². The number of carbonyl (C=O) groups is 1. The van der Waals surface area contributed by atoms with Gasteiger partial charge in [0.2, 0.25) is 0 Å². The average molecular weight is 375 g/mol. The lowest BCUT2D eigenvalue weighted by Crippen LogP contribution is -2.24. The number of nitrogens with one attached hydrogen (secondary N) is 1. The van der Waals surface area contributed by atoms with Crippen LogP contribution in [0.2, 0.25) is 0 Å². The Morgan fingerprint density at radius 2 is 2.00 bits per heavy atom. The number of halogens is 1. The van der Waals surface area contributed by atoms with Gasteiger partial charge < -0.3 is 9.72 Å². The van der Waals surface area contributed by atoms with Gasteiger partial charge in [0.05, 0.1) is 17.9 Å². The third kappa shape index (κ3) is 2.85. The van der Waals surface area contributed by atoms with Gasteiger partial charge in [-0.2, -0.15) is 5.10 Å². The standard InChI is InChI=1S/C21H18FN5O/c22-14-7-9-16(10-8-14)27-18-5-3-4-17(18)20(25-27)21(28)23-12-15-13-26-11-2-1-6-19(26)24-15/h1-2,6-11,13H,3-5,12H2,(H,23,28). The number of hydrogen-bond acceptors (Lipinski definition) is 3. The molecular weight excluding hydrogens is 357 g/mol. The van der Waals surface area contributed by atoms with Crippen molar-refractivity contribution in [3.63, 3.8) is 0 Å². The molecule has 0 radical (unpaired) electrons. The van der Waals surface area contributed by atoms with Crippen LogP contribution in [0.1, 0.15) is 33.9 Å². The minimum atomic E-state index is -0.294. The van der Waals surface area contributed by atoms with Crippen LogP contribution in [0.5, 0.6) is 0 Å². The molecule has 5 rings (SSSR count). The summed E-state index contributed by atoms with van der Waals surface area (Å²) in [6.45, 7) is 0.332. The molecule has 1 N–H and O–H groups in total. The van der Waals surface area contributed by atoms with Crippen molar-refractivity contribution in [3.8, 4) is 5.69 Å². The second-order valence-corrected chi connectivity index (χ2v) is 6.90. The highest BCUT2D eigenvalue weighted by Gasteiger charge is 2.27. The molecule has 1 aromatic carbocycles. The predicted octanol–water partition coefficient (Wildman–Crippen LogP) is 3.08. The largest absolute Gasteiger partial charge is 0.345 e. The highest BCUT2D eigenvalue weighted by atomic mass is 19.1. The molecule has 0 unspecified atom stereocenters. The molecule has 0 saturated carbocycles. The summed E-state index contributed by atoms with van der Waals surface area (Å²) in [7, 11) is 0. The number of nitrogens with zero attached hydrogens (tertiary/aromatic N) is 4. The van der Waals surface area contributed by atoms with E-state index in [1.165, 1.54) is 12.1 Å². The first-order valence-corrected chi connectivity index (χ1v) is 9.26. The lowest BCUT2D eigenvalue weighted by atomic mass is 10.2. The van der Waals surface area contributed by atoms with E-state index >= 15 is 0 Å². The SMILES string of the molecule is O=C(NCc1cn2ccccc2n1)c1nn(-c2ccc(F)cc2)c2c1CCC2. The van der Waals surface area contributed by atoms with Crippen molar-refractivity contribution >= 4 is 11.6 Å². The zero-order valence-electron chi connectivity index (χ0n) is 15.1. The van der Waals surface area contributed by atoms with E-state index in [0.29, 0.717) is 12.2 Å². The van der Waals surface area contributed by atoms with E-state index in [2.05, 4.69) is 15.4 Å². The van der Waals surface area contributed by atoms with E-state index in [4.69, 9.17) is 0 Å². The van der Waals surface area contributed by atoms with Gasteiger partial charge >= 0.3 is 0 Å². The van der Waals surface area contributed by atoms with Gasteiger partial charge in [-0.3, -0.25) is 4.79 Å². The Bertz CT molecular complexity index is 1140. The average Bonchev–Trinajstić information content (AvgIpc) is 3.41. The molecule has 1 amide bonds. The lowest BCUT2D eigenvalue weighted by molar-refractivity contribution is 0.0944. The number of aromatic nitrogens is 4. The van der Waals surface area contributed by atoms with E-state index in [9.17, 15) is 9.18 Å². The summed E-state index contributed by atoms with van der Waals surface area (Å²) in [5.74, 6) is -0.506. The zero-order chi connectivity index (χ0) is 19.1. The van der Waals surface area contributed by atoms with Crippen molar-refractivity contribution in [1.29, 1.82) is 0 Å². The van der Waals surface area contributed by atoms with E-state index < -0.39 is 0 Å². The summed E-state index contributed by atoms with van der Waals surface area (Å²) in [6.07, 6.45) is 6.50. The van der Waals surface area contributed by atoms with Crippen LogP contribution in [0, 0.1) is 5.82 Å². The van der Waals surface area contributed by atoms with Crippen LogP contribution in [0.15, 0.2) is 54.9 Å². The third-order valence-electron chi connectivity index (χ3n) is 5.06.